The minimum Gasteiger partial charge on any atom is -0.348 e. The SMILES string of the molecule is CC(C)(C)C1CCCCC1NC(=O)c1cn(Cc2ccccc2)nn1. The Morgan fingerprint density at radius 1 is 1.20 bits per heavy atom. The fourth-order valence-electron chi connectivity index (χ4n) is 3.83. The molecule has 0 spiro atoms. The maximum atomic E-state index is 12.6. The van der Waals surface area contributed by atoms with Gasteiger partial charge in [-0.2, -0.15) is 0 Å². The van der Waals surface area contributed by atoms with Gasteiger partial charge in [0.2, 0.25) is 0 Å². The number of amides is 1. The highest BCUT2D eigenvalue weighted by Gasteiger charge is 2.35. The van der Waals surface area contributed by atoms with E-state index in [0.29, 0.717) is 18.2 Å². The third kappa shape index (κ3) is 4.47. The molecule has 134 valence electrons. The van der Waals surface area contributed by atoms with Gasteiger partial charge >= 0.3 is 0 Å². The zero-order valence-corrected chi connectivity index (χ0v) is 15.4. The van der Waals surface area contributed by atoms with E-state index in [4.69, 9.17) is 0 Å². The third-order valence-electron chi connectivity index (χ3n) is 5.15. The Hall–Kier alpha value is -2.17. The zero-order valence-electron chi connectivity index (χ0n) is 15.4. The normalized spacial score (nSPS) is 21.1. The number of aromatic nitrogens is 3. The van der Waals surface area contributed by atoms with Crippen molar-refractivity contribution in [2.45, 2.75) is 59.0 Å². The topological polar surface area (TPSA) is 59.8 Å². The molecular formula is C20H28N4O. The maximum absolute atomic E-state index is 12.6. The summed E-state index contributed by atoms with van der Waals surface area (Å²) in [5.74, 6) is 0.394. The Morgan fingerprint density at radius 2 is 1.92 bits per heavy atom. The molecule has 0 saturated heterocycles. The van der Waals surface area contributed by atoms with E-state index < -0.39 is 0 Å². The average molecular weight is 340 g/mol. The number of benzene rings is 1. The summed E-state index contributed by atoms with van der Waals surface area (Å²) in [6, 6.07) is 10.3. The van der Waals surface area contributed by atoms with Gasteiger partial charge in [-0.05, 0) is 29.7 Å². The molecule has 2 unspecified atom stereocenters. The molecule has 2 aromatic rings. The summed E-state index contributed by atoms with van der Waals surface area (Å²) in [6.45, 7) is 7.41. The van der Waals surface area contributed by atoms with Crippen molar-refractivity contribution in [1.82, 2.24) is 20.3 Å². The van der Waals surface area contributed by atoms with E-state index in [9.17, 15) is 4.79 Å². The van der Waals surface area contributed by atoms with Gasteiger partial charge in [-0.1, -0.05) is 69.2 Å². The van der Waals surface area contributed by atoms with Crippen LogP contribution >= 0.6 is 0 Å². The highest BCUT2D eigenvalue weighted by molar-refractivity contribution is 5.92. The summed E-state index contributed by atoms with van der Waals surface area (Å²) in [6.07, 6.45) is 6.39. The molecule has 3 rings (SSSR count). The van der Waals surface area contributed by atoms with Gasteiger partial charge in [0.1, 0.15) is 0 Å². The van der Waals surface area contributed by atoms with E-state index in [-0.39, 0.29) is 17.4 Å². The smallest absolute Gasteiger partial charge is 0.273 e. The molecule has 1 aromatic carbocycles. The molecule has 1 heterocycles. The number of hydrogen-bond acceptors (Lipinski definition) is 3. The van der Waals surface area contributed by atoms with Gasteiger partial charge in [-0.3, -0.25) is 4.79 Å². The van der Waals surface area contributed by atoms with Gasteiger partial charge in [0.05, 0.1) is 12.7 Å². The summed E-state index contributed by atoms with van der Waals surface area (Å²) in [5.41, 5.74) is 1.73. The van der Waals surface area contributed by atoms with Crippen molar-refractivity contribution in [3.05, 3.63) is 47.8 Å². The molecule has 1 amide bonds. The Kier molecular flexibility index (Phi) is 5.21. The van der Waals surface area contributed by atoms with Gasteiger partial charge in [0.25, 0.3) is 5.91 Å². The Bertz CT molecular complexity index is 702. The Morgan fingerprint density at radius 3 is 2.64 bits per heavy atom. The van der Waals surface area contributed by atoms with E-state index >= 15 is 0 Å². The quantitative estimate of drug-likeness (QED) is 0.924. The second-order valence-electron chi connectivity index (χ2n) is 8.12. The molecule has 0 aliphatic heterocycles. The van der Waals surface area contributed by atoms with Crippen LogP contribution in [0.4, 0.5) is 0 Å². The van der Waals surface area contributed by atoms with Crippen LogP contribution < -0.4 is 5.32 Å². The molecule has 1 N–H and O–H groups in total. The molecule has 1 aromatic heterocycles. The summed E-state index contributed by atoms with van der Waals surface area (Å²) in [4.78, 5) is 12.6. The fraction of sp³-hybridized carbons (Fsp3) is 0.550. The molecule has 5 heteroatoms. The number of hydrogen-bond donors (Lipinski definition) is 1. The molecule has 2 atom stereocenters. The molecule has 0 bridgehead atoms. The first-order chi connectivity index (χ1) is 11.9. The van der Waals surface area contributed by atoms with Crippen LogP contribution in [-0.4, -0.2) is 26.9 Å². The zero-order chi connectivity index (χ0) is 17.9. The van der Waals surface area contributed by atoms with Crippen LogP contribution in [0.5, 0.6) is 0 Å². The van der Waals surface area contributed by atoms with Gasteiger partial charge in [0, 0.05) is 6.04 Å². The molecule has 1 aliphatic carbocycles. The number of carbonyl (C=O) groups excluding carboxylic acids is 1. The van der Waals surface area contributed by atoms with Crippen molar-refractivity contribution in [2.75, 3.05) is 0 Å². The summed E-state index contributed by atoms with van der Waals surface area (Å²) >= 11 is 0. The molecule has 1 fully saturated rings. The molecule has 5 nitrogen and oxygen atoms in total. The Labute approximate surface area is 149 Å². The molecule has 1 saturated carbocycles. The number of carbonyl (C=O) groups is 1. The number of nitrogens with zero attached hydrogens (tertiary/aromatic N) is 3. The predicted molar refractivity (Wildman–Crippen MR) is 98.2 cm³/mol. The van der Waals surface area contributed by atoms with Crippen LogP contribution in [0.25, 0.3) is 0 Å². The van der Waals surface area contributed by atoms with Crippen LogP contribution in [0.3, 0.4) is 0 Å². The van der Waals surface area contributed by atoms with E-state index in [1.807, 2.05) is 30.3 Å². The van der Waals surface area contributed by atoms with Gasteiger partial charge in [-0.25, -0.2) is 4.68 Å². The fourth-order valence-corrected chi connectivity index (χ4v) is 3.83. The average Bonchev–Trinajstić information content (AvgIpc) is 3.04. The first-order valence-electron chi connectivity index (χ1n) is 9.18. The van der Waals surface area contributed by atoms with E-state index in [0.717, 1.165) is 12.0 Å². The van der Waals surface area contributed by atoms with Gasteiger partial charge in [-0.15, -0.1) is 5.10 Å². The second-order valence-corrected chi connectivity index (χ2v) is 8.12. The summed E-state index contributed by atoms with van der Waals surface area (Å²) < 4.78 is 1.71. The monoisotopic (exact) mass is 340 g/mol. The minimum absolute atomic E-state index is 0.111. The molecule has 0 radical (unpaired) electrons. The molecule has 1 aliphatic rings. The van der Waals surface area contributed by atoms with Crippen molar-refractivity contribution in [1.29, 1.82) is 0 Å². The Balaban J connectivity index is 1.65. The van der Waals surface area contributed by atoms with Crippen molar-refractivity contribution in [3.63, 3.8) is 0 Å². The van der Waals surface area contributed by atoms with E-state index in [1.54, 1.807) is 10.9 Å². The first-order valence-corrected chi connectivity index (χ1v) is 9.18. The predicted octanol–water partition coefficient (Wildman–Crippen LogP) is 3.66. The van der Waals surface area contributed by atoms with Gasteiger partial charge in [0.15, 0.2) is 5.69 Å². The summed E-state index contributed by atoms with van der Waals surface area (Å²) in [5, 5.41) is 11.4. The van der Waals surface area contributed by atoms with Crippen LogP contribution in [0.15, 0.2) is 36.5 Å². The van der Waals surface area contributed by atoms with Crippen molar-refractivity contribution < 1.29 is 4.79 Å². The minimum atomic E-state index is -0.111. The lowest BCUT2D eigenvalue weighted by atomic mass is 9.69. The van der Waals surface area contributed by atoms with E-state index in [2.05, 4.69) is 36.4 Å². The van der Waals surface area contributed by atoms with Crippen molar-refractivity contribution in [3.8, 4) is 0 Å². The van der Waals surface area contributed by atoms with Gasteiger partial charge < -0.3 is 5.32 Å². The number of nitrogens with one attached hydrogen (secondary N) is 1. The highest BCUT2D eigenvalue weighted by atomic mass is 16.2. The first kappa shape index (κ1) is 17.6. The van der Waals surface area contributed by atoms with Crippen LogP contribution in [-0.2, 0) is 6.54 Å². The van der Waals surface area contributed by atoms with Crippen molar-refractivity contribution in [2.24, 2.45) is 11.3 Å². The molecule has 25 heavy (non-hydrogen) atoms. The summed E-state index contributed by atoms with van der Waals surface area (Å²) in [7, 11) is 0. The van der Waals surface area contributed by atoms with Crippen LogP contribution in [0.1, 0.15) is 62.5 Å². The third-order valence-corrected chi connectivity index (χ3v) is 5.15. The van der Waals surface area contributed by atoms with Crippen molar-refractivity contribution >= 4 is 5.91 Å². The standard InChI is InChI=1S/C20H28N4O/c1-20(2,3)16-11-7-8-12-17(16)21-19(25)18-14-24(23-22-18)13-15-9-5-4-6-10-15/h4-6,9-10,14,16-17H,7-8,11-13H2,1-3H3,(H,21,25). The van der Waals surface area contributed by atoms with Crippen LogP contribution in [0.2, 0.25) is 0 Å². The largest absolute Gasteiger partial charge is 0.348 e. The maximum Gasteiger partial charge on any atom is 0.273 e. The highest BCUT2D eigenvalue weighted by Crippen LogP contribution is 2.38. The molecular weight excluding hydrogens is 312 g/mol. The lowest BCUT2D eigenvalue weighted by Gasteiger charge is -2.40. The lowest BCUT2D eigenvalue weighted by molar-refractivity contribution is 0.0825. The van der Waals surface area contributed by atoms with E-state index in [1.165, 1.54) is 19.3 Å². The van der Waals surface area contributed by atoms with Crippen LogP contribution in [0, 0.1) is 11.3 Å². The lowest BCUT2D eigenvalue weighted by Crippen LogP contribution is -2.46. The second kappa shape index (κ2) is 7.38. The number of rotatable bonds is 4.